The molecule has 6 nitrogen and oxygen atoms in total. The van der Waals surface area contributed by atoms with Crippen LogP contribution in [0.5, 0.6) is 0 Å². The summed E-state index contributed by atoms with van der Waals surface area (Å²) in [6.45, 7) is 3.54. The zero-order chi connectivity index (χ0) is 16.4. The van der Waals surface area contributed by atoms with Crippen molar-refractivity contribution in [3.8, 4) is 0 Å². The molecule has 2 atom stereocenters. The Bertz CT molecular complexity index is 684. The van der Waals surface area contributed by atoms with Crippen molar-refractivity contribution in [2.75, 3.05) is 23.7 Å². The molecule has 1 fully saturated rings. The number of hydrogen-bond donors (Lipinski definition) is 2. The van der Waals surface area contributed by atoms with Gasteiger partial charge in [-0.1, -0.05) is 30.3 Å². The summed E-state index contributed by atoms with van der Waals surface area (Å²) < 4.78 is 0. The first-order valence-corrected chi connectivity index (χ1v) is 8.57. The summed E-state index contributed by atoms with van der Waals surface area (Å²) in [5, 5.41) is 11.1. The summed E-state index contributed by atoms with van der Waals surface area (Å²) in [6, 6.07) is 1.79. The minimum Gasteiger partial charge on any atom is -0.391 e. The second-order valence-corrected chi connectivity index (χ2v) is 7.04. The Labute approximate surface area is 144 Å². The first-order chi connectivity index (χ1) is 11.0. The molecule has 1 aliphatic heterocycles. The largest absolute Gasteiger partial charge is 0.391 e. The lowest BCUT2D eigenvalue weighted by molar-refractivity contribution is 0.102. The third-order valence-electron chi connectivity index (χ3n) is 3.95. The highest BCUT2D eigenvalue weighted by atomic mass is 35.5. The van der Waals surface area contributed by atoms with Crippen molar-refractivity contribution in [1.82, 2.24) is 15.0 Å². The molecule has 0 saturated carbocycles. The van der Waals surface area contributed by atoms with Crippen LogP contribution in [0.3, 0.4) is 0 Å². The van der Waals surface area contributed by atoms with Gasteiger partial charge in [0.15, 0.2) is 0 Å². The fourth-order valence-corrected chi connectivity index (χ4v) is 3.40. The summed E-state index contributed by atoms with van der Waals surface area (Å²) >= 11 is 7.52. The van der Waals surface area contributed by atoms with Gasteiger partial charge in [0.2, 0.25) is 0 Å². The van der Waals surface area contributed by atoms with Crippen LogP contribution in [-0.2, 0) is 0 Å². The van der Waals surface area contributed by atoms with E-state index in [1.54, 1.807) is 24.7 Å². The lowest BCUT2D eigenvalue weighted by atomic mass is 9.96. The molecule has 0 spiro atoms. The topological polar surface area (TPSA) is 88.2 Å². The van der Waals surface area contributed by atoms with Gasteiger partial charge in [-0.05, 0) is 18.4 Å². The molecule has 122 valence electrons. The van der Waals surface area contributed by atoms with Gasteiger partial charge in [-0.15, -0.1) is 0 Å². The van der Waals surface area contributed by atoms with Gasteiger partial charge >= 0.3 is 0 Å². The highest BCUT2D eigenvalue weighted by Crippen LogP contribution is 2.34. The Morgan fingerprint density at radius 1 is 1.35 bits per heavy atom. The van der Waals surface area contributed by atoms with Crippen LogP contribution in [-0.4, -0.2) is 39.3 Å². The smallest absolute Gasteiger partial charge is 0.147 e. The van der Waals surface area contributed by atoms with E-state index >= 15 is 0 Å². The summed E-state index contributed by atoms with van der Waals surface area (Å²) in [5.74, 6) is 1.41. The van der Waals surface area contributed by atoms with Crippen LogP contribution in [0, 0.1) is 5.92 Å². The SMILES string of the molecule is C[C@@H]1CCN(c2cnc(Sc3ccnc(N)c3Cl)cn2)C[C@@H]1O. The fourth-order valence-electron chi connectivity index (χ4n) is 2.42. The first-order valence-electron chi connectivity index (χ1n) is 7.37. The predicted molar refractivity (Wildman–Crippen MR) is 91.8 cm³/mol. The van der Waals surface area contributed by atoms with Gasteiger partial charge in [0, 0.05) is 24.2 Å². The van der Waals surface area contributed by atoms with E-state index in [0.717, 1.165) is 28.7 Å². The number of aliphatic hydroxyl groups is 1. The average molecular weight is 352 g/mol. The maximum Gasteiger partial charge on any atom is 0.147 e. The second kappa shape index (κ2) is 6.90. The van der Waals surface area contributed by atoms with Crippen LogP contribution in [0.25, 0.3) is 0 Å². The van der Waals surface area contributed by atoms with Crippen molar-refractivity contribution < 1.29 is 5.11 Å². The number of rotatable bonds is 3. The van der Waals surface area contributed by atoms with Crippen molar-refractivity contribution in [1.29, 1.82) is 0 Å². The molecule has 1 aliphatic rings. The summed E-state index contributed by atoms with van der Waals surface area (Å²) in [4.78, 5) is 15.7. The molecule has 0 radical (unpaired) electrons. The zero-order valence-corrected chi connectivity index (χ0v) is 14.3. The monoisotopic (exact) mass is 351 g/mol. The number of halogens is 1. The van der Waals surface area contributed by atoms with Crippen LogP contribution in [0.15, 0.2) is 34.6 Å². The van der Waals surface area contributed by atoms with Gasteiger partial charge in [0.25, 0.3) is 0 Å². The maximum absolute atomic E-state index is 9.99. The van der Waals surface area contributed by atoms with Gasteiger partial charge in [0.05, 0.1) is 23.5 Å². The van der Waals surface area contributed by atoms with E-state index < -0.39 is 0 Å². The Morgan fingerprint density at radius 2 is 2.17 bits per heavy atom. The summed E-state index contributed by atoms with van der Waals surface area (Å²) in [5.41, 5.74) is 5.70. The van der Waals surface area contributed by atoms with Gasteiger partial charge in [-0.25, -0.2) is 15.0 Å². The highest BCUT2D eigenvalue weighted by molar-refractivity contribution is 7.99. The number of nitrogens with two attached hydrogens (primary N) is 1. The van der Waals surface area contributed by atoms with Gasteiger partial charge in [0.1, 0.15) is 16.7 Å². The Balaban J connectivity index is 1.71. The average Bonchev–Trinajstić information content (AvgIpc) is 2.55. The molecular formula is C15H18ClN5OS. The normalized spacial score (nSPS) is 21.4. The van der Waals surface area contributed by atoms with E-state index in [2.05, 4.69) is 26.8 Å². The first kappa shape index (κ1) is 16.3. The standard InChI is InChI=1S/C15H18ClN5OS/c1-9-3-5-21(8-10(9)22)12-6-20-13(7-19-12)23-11-2-4-18-15(17)14(11)16/h2,4,6-7,9-10,22H,3,5,8H2,1H3,(H2,17,18)/t9-,10+/m1/s1. The van der Waals surface area contributed by atoms with Crippen molar-refractivity contribution in [2.24, 2.45) is 5.92 Å². The number of anilines is 2. The van der Waals surface area contributed by atoms with E-state index in [9.17, 15) is 5.11 Å². The van der Waals surface area contributed by atoms with Crippen molar-refractivity contribution >= 4 is 35.0 Å². The predicted octanol–water partition coefficient (Wildman–Crippen LogP) is 2.47. The van der Waals surface area contributed by atoms with E-state index in [4.69, 9.17) is 17.3 Å². The Morgan fingerprint density at radius 3 is 2.87 bits per heavy atom. The number of aromatic nitrogens is 3. The molecule has 2 aromatic rings. The molecule has 8 heteroatoms. The zero-order valence-electron chi connectivity index (χ0n) is 12.7. The molecular weight excluding hydrogens is 334 g/mol. The van der Waals surface area contributed by atoms with Crippen LogP contribution in [0.1, 0.15) is 13.3 Å². The van der Waals surface area contributed by atoms with E-state index in [1.165, 1.54) is 11.8 Å². The van der Waals surface area contributed by atoms with E-state index in [-0.39, 0.29) is 6.10 Å². The second-order valence-electron chi connectivity index (χ2n) is 5.60. The molecule has 0 amide bonds. The molecule has 3 heterocycles. The number of pyridine rings is 1. The number of nitrogen functional groups attached to an aromatic ring is 1. The Kier molecular flexibility index (Phi) is 4.89. The molecule has 3 N–H and O–H groups in total. The van der Waals surface area contributed by atoms with Crippen LogP contribution in [0.4, 0.5) is 11.6 Å². The minimum atomic E-state index is -0.321. The number of piperidine rings is 1. The number of nitrogens with zero attached hydrogens (tertiary/aromatic N) is 4. The number of aliphatic hydroxyl groups excluding tert-OH is 1. The lowest BCUT2D eigenvalue weighted by Gasteiger charge is -2.34. The van der Waals surface area contributed by atoms with Crippen LogP contribution < -0.4 is 10.6 Å². The highest BCUT2D eigenvalue weighted by Gasteiger charge is 2.25. The molecule has 2 aromatic heterocycles. The minimum absolute atomic E-state index is 0.303. The van der Waals surface area contributed by atoms with Gasteiger partial charge in [-0.3, -0.25) is 0 Å². The summed E-state index contributed by atoms with van der Waals surface area (Å²) in [7, 11) is 0. The number of hydrogen-bond acceptors (Lipinski definition) is 7. The van der Waals surface area contributed by atoms with Gasteiger partial charge in [-0.2, -0.15) is 0 Å². The quantitative estimate of drug-likeness (QED) is 0.878. The van der Waals surface area contributed by atoms with E-state index in [0.29, 0.717) is 23.3 Å². The van der Waals surface area contributed by atoms with Crippen LogP contribution >= 0.6 is 23.4 Å². The van der Waals surface area contributed by atoms with Crippen molar-refractivity contribution in [3.63, 3.8) is 0 Å². The third kappa shape index (κ3) is 3.68. The molecule has 0 unspecified atom stereocenters. The molecule has 0 bridgehead atoms. The van der Waals surface area contributed by atoms with Crippen LogP contribution in [0.2, 0.25) is 5.02 Å². The Hall–Kier alpha value is -1.57. The molecule has 3 rings (SSSR count). The number of β-amino-alcohol motifs (C(OH)–C–C–N with tert-alkyl or cyclic N) is 1. The van der Waals surface area contributed by atoms with Crippen molar-refractivity contribution in [2.45, 2.75) is 29.4 Å². The third-order valence-corrected chi connectivity index (χ3v) is 5.44. The van der Waals surface area contributed by atoms with E-state index in [1.807, 2.05) is 0 Å². The molecule has 0 aromatic carbocycles. The van der Waals surface area contributed by atoms with Crippen molar-refractivity contribution in [3.05, 3.63) is 29.7 Å². The molecule has 0 aliphatic carbocycles. The summed E-state index contributed by atoms with van der Waals surface area (Å²) in [6.07, 6.45) is 5.67. The fraction of sp³-hybridized carbons (Fsp3) is 0.400. The molecule has 23 heavy (non-hydrogen) atoms. The molecule has 1 saturated heterocycles. The maximum atomic E-state index is 9.99. The lowest BCUT2D eigenvalue weighted by Crippen LogP contribution is -2.43. The van der Waals surface area contributed by atoms with Gasteiger partial charge < -0.3 is 15.7 Å².